The van der Waals surface area contributed by atoms with Crippen LogP contribution >= 0.6 is 11.8 Å². The summed E-state index contributed by atoms with van der Waals surface area (Å²) >= 11 is 1.23. The van der Waals surface area contributed by atoms with E-state index >= 15 is 0 Å². The van der Waals surface area contributed by atoms with Gasteiger partial charge in [-0.1, -0.05) is 30.0 Å². The third-order valence-electron chi connectivity index (χ3n) is 4.79. The highest BCUT2D eigenvalue weighted by atomic mass is 32.2. The Labute approximate surface area is 204 Å². The predicted molar refractivity (Wildman–Crippen MR) is 130 cm³/mol. The molecule has 0 bridgehead atoms. The van der Waals surface area contributed by atoms with E-state index in [0.29, 0.717) is 34.5 Å². The van der Waals surface area contributed by atoms with Crippen LogP contribution in [0.4, 0.5) is 0 Å². The highest BCUT2D eigenvalue weighted by Gasteiger charge is 2.18. The number of aryl methyl sites for hydroxylation is 1. The van der Waals surface area contributed by atoms with Gasteiger partial charge >= 0.3 is 5.97 Å². The van der Waals surface area contributed by atoms with Crippen LogP contribution in [-0.2, 0) is 4.74 Å². The fourth-order valence-electron chi connectivity index (χ4n) is 3.24. The summed E-state index contributed by atoms with van der Waals surface area (Å²) in [6.45, 7) is 1.99. The van der Waals surface area contributed by atoms with Gasteiger partial charge in [0.15, 0.2) is 10.8 Å². The Hall–Kier alpha value is -4.25. The number of hydrogen-bond acceptors (Lipinski definition) is 9. The molecule has 4 aromatic rings. The van der Waals surface area contributed by atoms with Gasteiger partial charge < -0.3 is 19.8 Å². The molecule has 10 nitrogen and oxygen atoms in total. The van der Waals surface area contributed by atoms with Crippen molar-refractivity contribution in [3.05, 3.63) is 81.9 Å². The standard InChI is InChI=1S/C24H21N5O5S/c1-14-13-17(23(32)33-2)18-19(27-14)28-24(29-21(18)31)35-12-11-25-20(30)16-9-6-10-26-22(16)34-15-7-4-3-5-8-15/h3-10,13H,11-12H2,1-2H3,(H,25,30)(H,27,28,29,31). The van der Waals surface area contributed by atoms with Crippen LogP contribution in [0.2, 0.25) is 0 Å². The SMILES string of the molecule is COC(=O)c1cc(C)nc2nc(SCCNC(=O)c3cccnc3Oc3ccccc3)[nH]c(=O)c12. The number of thioether (sulfide) groups is 1. The minimum absolute atomic E-state index is 0.0719. The lowest BCUT2D eigenvalue weighted by Gasteiger charge is -2.10. The number of methoxy groups -OCH3 is 1. The van der Waals surface area contributed by atoms with Crippen molar-refractivity contribution in [3.63, 3.8) is 0 Å². The Morgan fingerprint density at radius 2 is 1.89 bits per heavy atom. The summed E-state index contributed by atoms with van der Waals surface area (Å²) in [6, 6.07) is 13.8. The molecule has 1 aromatic carbocycles. The van der Waals surface area contributed by atoms with Gasteiger partial charge in [0, 0.05) is 24.2 Å². The van der Waals surface area contributed by atoms with E-state index in [2.05, 4.69) is 25.3 Å². The number of nitrogens with one attached hydrogen (secondary N) is 2. The second kappa shape index (κ2) is 10.8. The number of para-hydroxylation sites is 1. The zero-order valence-electron chi connectivity index (χ0n) is 18.9. The van der Waals surface area contributed by atoms with Gasteiger partial charge in [-0.3, -0.25) is 9.59 Å². The van der Waals surface area contributed by atoms with E-state index in [9.17, 15) is 14.4 Å². The van der Waals surface area contributed by atoms with Crippen LogP contribution in [0, 0.1) is 6.92 Å². The van der Waals surface area contributed by atoms with Crippen LogP contribution in [0.5, 0.6) is 11.6 Å². The maximum absolute atomic E-state index is 12.7. The van der Waals surface area contributed by atoms with Crippen molar-refractivity contribution in [2.45, 2.75) is 12.1 Å². The van der Waals surface area contributed by atoms with Crippen molar-refractivity contribution in [1.29, 1.82) is 0 Å². The summed E-state index contributed by atoms with van der Waals surface area (Å²) in [7, 11) is 1.24. The Morgan fingerprint density at radius 3 is 2.66 bits per heavy atom. The van der Waals surface area contributed by atoms with Gasteiger partial charge in [0.2, 0.25) is 5.88 Å². The van der Waals surface area contributed by atoms with Gasteiger partial charge in [-0.05, 0) is 37.3 Å². The number of hydrogen-bond donors (Lipinski definition) is 2. The fourth-order valence-corrected chi connectivity index (χ4v) is 3.95. The highest BCUT2D eigenvalue weighted by Crippen LogP contribution is 2.22. The number of rotatable bonds is 8. The van der Waals surface area contributed by atoms with Crippen LogP contribution in [0.15, 0.2) is 64.7 Å². The zero-order valence-corrected chi connectivity index (χ0v) is 19.7. The van der Waals surface area contributed by atoms with Crippen molar-refractivity contribution in [2.75, 3.05) is 19.4 Å². The molecule has 0 fully saturated rings. The summed E-state index contributed by atoms with van der Waals surface area (Å²) in [5, 5.41) is 3.20. The second-order valence-electron chi connectivity index (χ2n) is 7.25. The van der Waals surface area contributed by atoms with Crippen molar-refractivity contribution < 1.29 is 19.1 Å². The third kappa shape index (κ3) is 5.64. The zero-order chi connectivity index (χ0) is 24.8. The molecule has 178 valence electrons. The summed E-state index contributed by atoms with van der Waals surface area (Å²) in [6.07, 6.45) is 1.55. The summed E-state index contributed by atoms with van der Waals surface area (Å²) in [4.78, 5) is 52.8. The van der Waals surface area contributed by atoms with Crippen LogP contribution < -0.4 is 15.6 Å². The molecule has 0 radical (unpaired) electrons. The average Bonchev–Trinajstić information content (AvgIpc) is 2.86. The summed E-state index contributed by atoms with van der Waals surface area (Å²) in [5.41, 5.74) is 0.599. The molecular formula is C24H21N5O5S. The normalized spacial score (nSPS) is 10.7. The fraction of sp³-hybridized carbons (Fsp3) is 0.167. The topological polar surface area (TPSA) is 136 Å². The van der Waals surface area contributed by atoms with Crippen molar-refractivity contribution in [3.8, 4) is 11.6 Å². The molecule has 0 aliphatic carbocycles. The molecule has 2 N–H and O–H groups in total. The van der Waals surface area contributed by atoms with E-state index in [0.717, 1.165) is 0 Å². The number of benzene rings is 1. The van der Waals surface area contributed by atoms with E-state index < -0.39 is 11.5 Å². The Bertz CT molecular complexity index is 1440. The van der Waals surface area contributed by atoms with E-state index in [1.54, 1.807) is 37.4 Å². The number of fused-ring (bicyclic) bond motifs is 1. The van der Waals surface area contributed by atoms with Crippen LogP contribution in [0.1, 0.15) is 26.4 Å². The van der Waals surface area contributed by atoms with Crippen LogP contribution in [0.3, 0.4) is 0 Å². The molecule has 3 aromatic heterocycles. The number of nitrogens with zero attached hydrogens (tertiary/aromatic N) is 3. The minimum atomic E-state index is -0.637. The van der Waals surface area contributed by atoms with Crippen LogP contribution in [-0.4, -0.2) is 51.2 Å². The first-order valence-corrected chi connectivity index (χ1v) is 11.5. The lowest BCUT2D eigenvalue weighted by Crippen LogP contribution is -2.26. The van der Waals surface area contributed by atoms with Crippen molar-refractivity contribution >= 4 is 34.7 Å². The quantitative estimate of drug-likeness (QED) is 0.165. The van der Waals surface area contributed by atoms with E-state index in [1.807, 2.05) is 18.2 Å². The number of carbonyl (C=O) groups is 2. The number of pyridine rings is 2. The molecule has 0 spiro atoms. The summed E-state index contributed by atoms with van der Waals surface area (Å²) in [5.74, 6) is 0.213. The van der Waals surface area contributed by atoms with Crippen molar-refractivity contribution in [2.24, 2.45) is 0 Å². The average molecular weight is 492 g/mol. The number of amides is 1. The van der Waals surface area contributed by atoms with Crippen LogP contribution in [0.25, 0.3) is 11.0 Å². The monoisotopic (exact) mass is 491 g/mol. The molecule has 4 rings (SSSR count). The molecule has 0 aliphatic rings. The molecule has 11 heteroatoms. The van der Waals surface area contributed by atoms with E-state index in [1.165, 1.54) is 24.9 Å². The molecule has 0 atom stereocenters. The first-order chi connectivity index (χ1) is 17.0. The third-order valence-corrected chi connectivity index (χ3v) is 5.66. The minimum Gasteiger partial charge on any atom is -0.465 e. The lowest BCUT2D eigenvalue weighted by atomic mass is 10.1. The highest BCUT2D eigenvalue weighted by molar-refractivity contribution is 7.99. The van der Waals surface area contributed by atoms with Gasteiger partial charge in [0.25, 0.3) is 11.5 Å². The molecule has 0 saturated heterocycles. The smallest absolute Gasteiger partial charge is 0.338 e. The van der Waals surface area contributed by atoms with Gasteiger partial charge in [-0.15, -0.1) is 0 Å². The van der Waals surface area contributed by atoms with Gasteiger partial charge in [0.1, 0.15) is 11.3 Å². The Morgan fingerprint density at radius 1 is 1.09 bits per heavy atom. The lowest BCUT2D eigenvalue weighted by molar-refractivity contribution is 0.0602. The van der Waals surface area contributed by atoms with Gasteiger partial charge in [-0.2, -0.15) is 0 Å². The number of aromatic amines is 1. The number of H-pyrrole nitrogens is 1. The molecular weight excluding hydrogens is 470 g/mol. The Kier molecular flexibility index (Phi) is 7.36. The first-order valence-electron chi connectivity index (χ1n) is 10.5. The first kappa shape index (κ1) is 23.9. The number of carbonyl (C=O) groups excluding carboxylic acids is 2. The molecule has 1 amide bonds. The van der Waals surface area contributed by atoms with Crippen molar-refractivity contribution in [1.82, 2.24) is 25.3 Å². The molecule has 3 heterocycles. The maximum atomic E-state index is 12.7. The predicted octanol–water partition coefficient (Wildman–Crippen LogP) is 3.12. The summed E-state index contributed by atoms with van der Waals surface area (Å²) < 4.78 is 10.5. The van der Waals surface area contributed by atoms with E-state index in [-0.39, 0.29) is 28.4 Å². The number of ether oxygens (including phenoxy) is 2. The molecule has 0 aliphatic heterocycles. The molecule has 0 unspecified atom stereocenters. The molecule has 0 saturated carbocycles. The maximum Gasteiger partial charge on any atom is 0.338 e. The number of aromatic nitrogens is 4. The molecule has 35 heavy (non-hydrogen) atoms. The van der Waals surface area contributed by atoms with Gasteiger partial charge in [0.05, 0.1) is 18.1 Å². The van der Waals surface area contributed by atoms with E-state index in [4.69, 9.17) is 9.47 Å². The largest absolute Gasteiger partial charge is 0.465 e. The van der Waals surface area contributed by atoms with Gasteiger partial charge in [-0.25, -0.2) is 19.7 Å². The second-order valence-corrected chi connectivity index (χ2v) is 8.33. The Balaban J connectivity index is 1.41. The number of esters is 1.